The summed E-state index contributed by atoms with van der Waals surface area (Å²) < 4.78 is 13.8. The van der Waals surface area contributed by atoms with Crippen LogP contribution in [0.5, 0.6) is 0 Å². The summed E-state index contributed by atoms with van der Waals surface area (Å²) in [7, 11) is 0. The minimum atomic E-state index is -0.138. The SMILES string of the molecule is CC(C)NC(N)=NCC1(c2ccccc2F)CC1. The van der Waals surface area contributed by atoms with Gasteiger partial charge in [0, 0.05) is 11.5 Å². The summed E-state index contributed by atoms with van der Waals surface area (Å²) in [4.78, 5) is 4.33. The quantitative estimate of drug-likeness (QED) is 0.634. The Balaban J connectivity index is 2.08. The first-order valence-electron chi connectivity index (χ1n) is 6.35. The zero-order valence-corrected chi connectivity index (χ0v) is 10.9. The first kappa shape index (κ1) is 12.9. The molecular weight excluding hydrogens is 229 g/mol. The van der Waals surface area contributed by atoms with Gasteiger partial charge in [-0.05, 0) is 38.3 Å². The van der Waals surface area contributed by atoms with Crippen molar-refractivity contribution in [3.05, 3.63) is 35.6 Å². The largest absolute Gasteiger partial charge is 0.370 e. The van der Waals surface area contributed by atoms with Crippen molar-refractivity contribution in [1.29, 1.82) is 0 Å². The standard InChI is InChI=1S/C14H20FN3/c1-10(2)18-13(16)17-9-14(7-8-14)11-5-3-4-6-12(11)15/h3-6,10H,7-9H2,1-2H3,(H3,16,17,18). The Labute approximate surface area is 107 Å². The van der Waals surface area contributed by atoms with Crippen LogP contribution in [0.1, 0.15) is 32.3 Å². The molecule has 0 aliphatic heterocycles. The van der Waals surface area contributed by atoms with Gasteiger partial charge in [-0.25, -0.2) is 4.39 Å². The highest BCUT2D eigenvalue weighted by Gasteiger charge is 2.45. The summed E-state index contributed by atoms with van der Waals surface area (Å²) in [5, 5.41) is 3.04. The molecule has 2 rings (SSSR count). The van der Waals surface area contributed by atoms with Gasteiger partial charge < -0.3 is 11.1 Å². The number of guanidine groups is 1. The Morgan fingerprint density at radius 3 is 2.67 bits per heavy atom. The van der Waals surface area contributed by atoms with Crippen LogP contribution in [-0.2, 0) is 5.41 Å². The number of aliphatic imine (C=N–C) groups is 1. The van der Waals surface area contributed by atoms with E-state index in [9.17, 15) is 4.39 Å². The number of rotatable bonds is 4. The average Bonchev–Trinajstić information content (AvgIpc) is 3.07. The molecule has 0 unspecified atom stereocenters. The van der Waals surface area contributed by atoms with Crippen LogP contribution in [0.15, 0.2) is 29.3 Å². The van der Waals surface area contributed by atoms with E-state index in [0.29, 0.717) is 12.5 Å². The Kier molecular flexibility index (Phi) is 3.55. The lowest BCUT2D eigenvalue weighted by atomic mass is 9.95. The topological polar surface area (TPSA) is 50.4 Å². The molecule has 0 bridgehead atoms. The number of nitrogens with zero attached hydrogens (tertiary/aromatic N) is 1. The van der Waals surface area contributed by atoms with E-state index in [2.05, 4.69) is 10.3 Å². The van der Waals surface area contributed by atoms with E-state index in [4.69, 9.17) is 5.73 Å². The highest BCUT2D eigenvalue weighted by Crippen LogP contribution is 2.49. The molecule has 0 atom stereocenters. The highest BCUT2D eigenvalue weighted by molar-refractivity contribution is 5.78. The molecule has 18 heavy (non-hydrogen) atoms. The smallest absolute Gasteiger partial charge is 0.188 e. The zero-order valence-electron chi connectivity index (χ0n) is 10.9. The lowest BCUT2D eigenvalue weighted by Gasteiger charge is -2.15. The van der Waals surface area contributed by atoms with Gasteiger partial charge in [-0.2, -0.15) is 0 Å². The molecule has 1 saturated carbocycles. The molecule has 1 fully saturated rings. The van der Waals surface area contributed by atoms with E-state index < -0.39 is 0 Å². The molecule has 0 saturated heterocycles. The number of hydrogen-bond donors (Lipinski definition) is 2. The summed E-state index contributed by atoms with van der Waals surface area (Å²) in [6.45, 7) is 4.57. The van der Waals surface area contributed by atoms with Crippen molar-refractivity contribution in [2.75, 3.05) is 6.54 Å². The van der Waals surface area contributed by atoms with Gasteiger partial charge in [0.25, 0.3) is 0 Å². The summed E-state index contributed by atoms with van der Waals surface area (Å²) in [5.41, 5.74) is 6.41. The Morgan fingerprint density at radius 2 is 2.11 bits per heavy atom. The summed E-state index contributed by atoms with van der Waals surface area (Å²) in [5.74, 6) is 0.299. The molecule has 0 amide bonds. The van der Waals surface area contributed by atoms with E-state index in [1.165, 1.54) is 6.07 Å². The lowest BCUT2D eigenvalue weighted by molar-refractivity contribution is 0.572. The number of halogens is 1. The molecule has 1 aliphatic rings. The number of nitrogens with two attached hydrogens (primary N) is 1. The maximum Gasteiger partial charge on any atom is 0.188 e. The molecule has 0 spiro atoms. The number of hydrogen-bond acceptors (Lipinski definition) is 1. The van der Waals surface area contributed by atoms with Crippen LogP contribution in [0.25, 0.3) is 0 Å². The zero-order chi connectivity index (χ0) is 13.2. The molecule has 0 radical (unpaired) electrons. The summed E-state index contributed by atoms with van der Waals surface area (Å²) in [6.07, 6.45) is 1.96. The van der Waals surface area contributed by atoms with Crippen LogP contribution in [0.3, 0.4) is 0 Å². The Morgan fingerprint density at radius 1 is 1.44 bits per heavy atom. The summed E-state index contributed by atoms with van der Waals surface area (Å²) in [6, 6.07) is 7.21. The van der Waals surface area contributed by atoms with Crippen molar-refractivity contribution < 1.29 is 4.39 Å². The van der Waals surface area contributed by atoms with Crippen LogP contribution >= 0.6 is 0 Å². The van der Waals surface area contributed by atoms with Gasteiger partial charge in [0.15, 0.2) is 5.96 Å². The molecule has 3 nitrogen and oxygen atoms in total. The molecule has 3 N–H and O–H groups in total. The van der Waals surface area contributed by atoms with E-state index in [1.807, 2.05) is 26.0 Å². The van der Waals surface area contributed by atoms with Gasteiger partial charge in [0.2, 0.25) is 0 Å². The molecular formula is C14H20FN3. The first-order valence-corrected chi connectivity index (χ1v) is 6.35. The highest BCUT2D eigenvalue weighted by atomic mass is 19.1. The Bertz CT molecular complexity index is 450. The van der Waals surface area contributed by atoms with Crippen LogP contribution in [0.2, 0.25) is 0 Å². The fourth-order valence-corrected chi connectivity index (χ4v) is 2.13. The third-order valence-electron chi connectivity index (χ3n) is 3.29. The van der Waals surface area contributed by atoms with E-state index >= 15 is 0 Å². The predicted molar refractivity (Wildman–Crippen MR) is 72.1 cm³/mol. The third kappa shape index (κ3) is 2.81. The minimum Gasteiger partial charge on any atom is -0.370 e. The van der Waals surface area contributed by atoms with Crippen LogP contribution in [0.4, 0.5) is 4.39 Å². The molecule has 4 heteroatoms. The van der Waals surface area contributed by atoms with Gasteiger partial charge in [-0.15, -0.1) is 0 Å². The predicted octanol–water partition coefficient (Wildman–Crippen LogP) is 2.17. The number of benzene rings is 1. The van der Waals surface area contributed by atoms with Gasteiger partial charge in [0.1, 0.15) is 5.82 Å². The lowest BCUT2D eigenvalue weighted by Crippen LogP contribution is -2.37. The van der Waals surface area contributed by atoms with Crippen molar-refractivity contribution in [2.45, 2.75) is 38.1 Å². The van der Waals surface area contributed by atoms with Crippen LogP contribution < -0.4 is 11.1 Å². The van der Waals surface area contributed by atoms with E-state index in [1.54, 1.807) is 6.07 Å². The van der Waals surface area contributed by atoms with Gasteiger partial charge in [-0.1, -0.05) is 18.2 Å². The van der Waals surface area contributed by atoms with Crippen molar-refractivity contribution in [3.8, 4) is 0 Å². The third-order valence-corrected chi connectivity index (χ3v) is 3.29. The van der Waals surface area contributed by atoms with E-state index in [-0.39, 0.29) is 17.3 Å². The molecule has 0 aromatic heterocycles. The van der Waals surface area contributed by atoms with Crippen molar-refractivity contribution in [1.82, 2.24) is 5.32 Å². The van der Waals surface area contributed by atoms with Crippen LogP contribution in [0, 0.1) is 5.82 Å². The summed E-state index contributed by atoms with van der Waals surface area (Å²) >= 11 is 0. The maximum atomic E-state index is 13.8. The van der Waals surface area contributed by atoms with Gasteiger partial charge in [0.05, 0.1) is 6.54 Å². The minimum absolute atomic E-state index is 0.130. The monoisotopic (exact) mass is 249 g/mol. The molecule has 1 aliphatic carbocycles. The molecule has 0 heterocycles. The molecule has 1 aromatic carbocycles. The normalized spacial score (nSPS) is 17.9. The molecule has 98 valence electrons. The first-order chi connectivity index (χ1) is 8.53. The van der Waals surface area contributed by atoms with Crippen molar-refractivity contribution in [2.24, 2.45) is 10.7 Å². The second-order valence-electron chi connectivity index (χ2n) is 5.26. The van der Waals surface area contributed by atoms with E-state index in [0.717, 1.165) is 18.4 Å². The van der Waals surface area contributed by atoms with Gasteiger partial charge >= 0.3 is 0 Å². The maximum absolute atomic E-state index is 13.8. The fraction of sp³-hybridized carbons (Fsp3) is 0.500. The second-order valence-corrected chi connectivity index (χ2v) is 5.26. The average molecular weight is 249 g/mol. The Hall–Kier alpha value is -1.58. The molecule has 1 aromatic rings. The van der Waals surface area contributed by atoms with Crippen molar-refractivity contribution in [3.63, 3.8) is 0 Å². The van der Waals surface area contributed by atoms with Crippen LogP contribution in [-0.4, -0.2) is 18.5 Å². The van der Waals surface area contributed by atoms with Crippen molar-refractivity contribution >= 4 is 5.96 Å². The fourth-order valence-electron chi connectivity index (χ4n) is 2.13. The number of nitrogens with one attached hydrogen (secondary N) is 1. The second kappa shape index (κ2) is 4.96. The van der Waals surface area contributed by atoms with Gasteiger partial charge in [-0.3, -0.25) is 4.99 Å².